The third kappa shape index (κ3) is 3.80. The van der Waals surface area contributed by atoms with Gasteiger partial charge < -0.3 is 10.6 Å². The minimum absolute atomic E-state index is 0.860. The third-order valence-electron chi connectivity index (χ3n) is 3.07. The van der Waals surface area contributed by atoms with Gasteiger partial charge in [0, 0.05) is 25.0 Å². The van der Waals surface area contributed by atoms with Crippen LogP contribution in [0.2, 0.25) is 0 Å². The lowest BCUT2D eigenvalue weighted by molar-refractivity contribution is 0.895. The van der Waals surface area contributed by atoms with E-state index in [4.69, 9.17) is 0 Å². The van der Waals surface area contributed by atoms with Crippen molar-refractivity contribution < 1.29 is 0 Å². The first-order chi connectivity index (χ1) is 9.04. The van der Waals surface area contributed by atoms with Crippen molar-refractivity contribution in [1.82, 2.24) is 5.32 Å². The summed E-state index contributed by atoms with van der Waals surface area (Å²) in [5, 5.41) is 6.57. The van der Waals surface area contributed by atoms with Gasteiger partial charge in [-0.15, -0.1) is 0 Å². The predicted octanol–water partition coefficient (Wildman–Crippen LogP) is 3.18. The van der Waals surface area contributed by atoms with Gasteiger partial charge in [-0.25, -0.2) is 4.99 Å². The summed E-state index contributed by atoms with van der Waals surface area (Å²) in [6.07, 6.45) is 1.90. The first-order valence-corrected chi connectivity index (χ1v) is 6.52. The largest absolute Gasteiger partial charge is 0.344 e. The summed E-state index contributed by atoms with van der Waals surface area (Å²) in [6.45, 7) is 11.9. The van der Waals surface area contributed by atoms with E-state index in [0.29, 0.717) is 0 Å². The van der Waals surface area contributed by atoms with Crippen LogP contribution in [-0.2, 0) is 0 Å². The summed E-state index contributed by atoms with van der Waals surface area (Å²) >= 11 is 0. The lowest BCUT2D eigenvalue weighted by Crippen LogP contribution is -2.07. The smallest absolute Gasteiger partial charge is 0.103 e. The number of nitrogens with one attached hydrogen (secondary N) is 2. The van der Waals surface area contributed by atoms with E-state index in [2.05, 4.69) is 54.3 Å². The Morgan fingerprint density at radius 1 is 1.26 bits per heavy atom. The summed E-state index contributed by atoms with van der Waals surface area (Å²) in [5.74, 6) is 0.886. The van der Waals surface area contributed by atoms with Crippen molar-refractivity contribution in [2.24, 2.45) is 4.99 Å². The molecule has 0 atom stereocenters. The van der Waals surface area contributed by atoms with Crippen LogP contribution in [0.25, 0.3) is 0 Å². The molecular weight excluding hydrogens is 234 g/mol. The predicted molar refractivity (Wildman–Crippen MR) is 82.7 cm³/mol. The topological polar surface area (TPSA) is 36.4 Å². The summed E-state index contributed by atoms with van der Waals surface area (Å²) in [6, 6.07) is 6.40. The molecule has 1 heterocycles. The highest BCUT2D eigenvalue weighted by Gasteiger charge is 2.09. The highest BCUT2D eigenvalue weighted by atomic mass is 15.0. The minimum Gasteiger partial charge on any atom is -0.344 e. The molecule has 0 spiro atoms. The van der Waals surface area contributed by atoms with E-state index >= 15 is 0 Å². The summed E-state index contributed by atoms with van der Waals surface area (Å²) in [5.41, 5.74) is 5.90. The average molecular weight is 255 g/mol. The quantitative estimate of drug-likeness (QED) is 0.629. The lowest BCUT2D eigenvalue weighted by Gasteiger charge is -2.07. The Bertz CT molecular complexity index is 533. The van der Waals surface area contributed by atoms with Crippen molar-refractivity contribution in [1.29, 1.82) is 0 Å². The maximum absolute atomic E-state index is 4.45. The molecule has 1 aromatic rings. The van der Waals surface area contributed by atoms with E-state index in [-0.39, 0.29) is 0 Å². The molecule has 1 fully saturated rings. The number of aliphatic imine (C=N–C) groups is 1. The SMILES string of the molecule is C=C1CNC/C1=C/N=C(C)Nc1cc(C)cc(C)c1. The van der Waals surface area contributed by atoms with Crippen LogP contribution >= 0.6 is 0 Å². The Morgan fingerprint density at radius 2 is 1.95 bits per heavy atom. The second-order valence-corrected chi connectivity index (χ2v) is 5.08. The molecule has 3 heteroatoms. The average Bonchev–Trinajstić information content (AvgIpc) is 2.71. The maximum Gasteiger partial charge on any atom is 0.103 e. The molecule has 0 aromatic heterocycles. The van der Waals surface area contributed by atoms with Crippen LogP contribution < -0.4 is 10.6 Å². The normalized spacial score (nSPS) is 18.2. The van der Waals surface area contributed by atoms with Crippen molar-refractivity contribution >= 4 is 11.5 Å². The maximum atomic E-state index is 4.45. The number of amidine groups is 1. The molecule has 0 saturated carbocycles. The fraction of sp³-hybridized carbons (Fsp3) is 0.312. The molecule has 3 nitrogen and oxygen atoms in total. The highest BCUT2D eigenvalue weighted by Crippen LogP contribution is 2.14. The Morgan fingerprint density at radius 3 is 2.53 bits per heavy atom. The van der Waals surface area contributed by atoms with E-state index in [9.17, 15) is 0 Å². The van der Waals surface area contributed by atoms with E-state index in [0.717, 1.165) is 30.2 Å². The summed E-state index contributed by atoms with van der Waals surface area (Å²) in [7, 11) is 0. The monoisotopic (exact) mass is 255 g/mol. The van der Waals surface area contributed by atoms with E-state index in [1.807, 2.05) is 13.1 Å². The molecule has 0 amide bonds. The van der Waals surface area contributed by atoms with Crippen LogP contribution in [0.4, 0.5) is 5.69 Å². The number of nitrogens with zero attached hydrogens (tertiary/aromatic N) is 1. The standard InChI is InChI=1S/C16H21N3/c1-11-5-12(2)7-16(6-11)19-14(4)18-10-15-9-17-8-13(15)3/h5-7,10,17H,3,8-9H2,1-2,4H3,(H,18,19)/b15-10-. The molecule has 2 N–H and O–H groups in total. The van der Waals surface area contributed by atoms with E-state index in [1.165, 1.54) is 16.7 Å². The van der Waals surface area contributed by atoms with Crippen LogP contribution in [0.1, 0.15) is 18.1 Å². The minimum atomic E-state index is 0.860. The molecule has 0 aliphatic carbocycles. The zero-order valence-electron chi connectivity index (χ0n) is 11.9. The van der Waals surface area contributed by atoms with Gasteiger partial charge >= 0.3 is 0 Å². The van der Waals surface area contributed by atoms with Gasteiger partial charge in [-0.3, -0.25) is 0 Å². The van der Waals surface area contributed by atoms with Crippen LogP contribution in [0.5, 0.6) is 0 Å². The molecule has 100 valence electrons. The first-order valence-electron chi connectivity index (χ1n) is 6.52. The molecule has 0 unspecified atom stereocenters. The molecule has 2 rings (SSSR count). The molecule has 0 radical (unpaired) electrons. The van der Waals surface area contributed by atoms with Crippen LogP contribution in [0.3, 0.4) is 0 Å². The zero-order valence-corrected chi connectivity index (χ0v) is 11.9. The number of hydrogen-bond acceptors (Lipinski definition) is 2. The van der Waals surface area contributed by atoms with Gasteiger partial charge in [0.2, 0.25) is 0 Å². The highest BCUT2D eigenvalue weighted by molar-refractivity contribution is 5.94. The van der Waals surface area contributed by atoms with Crippen molar-refractivity contribution in [3.05, 3.63) is 53.3 Å². The Kier molecular flexibility index (Phi) is 4.17. The van der Waals surface area contributed by atoms with Gasteiger partial charge in [0.05, 0.1) is 0 Å². The van der Waals surface area contributed by atoms with Gasteiger partial charge in [0.1, 0.15) is 5.84 Å². The van der Waals surface area contributed by atoms with E-state index in [1.54, 1.807) is 0 Å². The third-order valence-corrected chi connectivity index (χ3v) is 3.07. The van der Waals surface area contributed by atoms with Crippen LogP contribution in [-0.4, -0.2) is 18.9 Å². The van der Waals surface area contributed by atoms with Gasteiger partial charge in [-0.1, -0.05) is 12.6 Å². The fourth-order valence-corrected chi connectivity index (χ4v) is 2.19. The second kappa shape index (κ2) is 5.85. The van der Waals surface area contributed by atoms with Gasteiger partial charge in [0.25, 0.3) is 0 Å². The van der Waals surface area contributed by atoms with Gasteiger partial charge in [-0.05, 0) is 55.2 Å². The molecule has 0 bridgehead atoms. The lowest BCUT2D eigenvalue weighted by atomic mass is 10.1. The van der Waals surface area contributed by atoms with E-state index < -0.39 is 0 Å². The van der Waals surface area contributed by atoms with Crippen molar-refractivity contribution in [2.45, 2.75) is 20.8 Å². The first kappa shape index (κ1) is 13.6. The molecular formula is C16H21N3. The van der Waals surface area contributed by atoms with Crippen molar-refractivity contribution in [3.63, 3.8) is 0 Å². The number of rotatable bonds is 2. The molecule has 1 aliphatic heterocycles. The zero-order chi connectivity index (χ0) is 13.8. The van der Waals surface area contributed by atoms with Gasteiger partial charge in [-0.2, -0.15) is 0 Å². The molecule has 1 aliphatic rings. The fourth-order valence-electron chi connectivity index (χ4n) is 2.19. The summed E-state index contributed by atoms with van der Waals surface area (Å²) < 4.78 is 0. The molecule has 1 aromatic carbocycles. The Balaban J connectivity index is 2.08. The Hall–Kier alpha value is -1.87. The second-order valence-electron chi connectivity index (χ2n) is 5.08. The molecule has 1 saturated heterocycles. The number of aryl methyl sites for hydroxylation is 2. The summed E-state index contributed by atoms with van der Waals surface area (Å²) in [4.78, 5) is 4.45. The van der Waals surface area contributed by atoms with Crippen LogP contribution in [0.15, 0.2) is 47.1 Å². The van der Waals surface area contributed by atoms with Crippen molar-refractivity contribution in [2.75, 3.05) is 18.4 Å². The molecule has 19 heavy (non-hydrogen) atoms. The number of hydrogen-bond donors (Lipinski definition) is 2. The number of benzene rings is 1. The Labute approximate surface area is 115 Å². The number of anilines is 1. The van der Waals surface area contributed by atoms with Gasteiger partial charge in [0.15, 0.2) is 0 Å². The van der Waals surface area contributed by atoms with Crippen molar-refractivity contribution in [3.8, 4) is 0 Å². The van der Waals surface area contributed by atoms with Crippen LogP contribution in [0, 0.1) is 13.8 Å².